The van der Waals surface area contributed by atoms with E-state index in [9.17, 15) is 4.79 Å². The van der Waals surface area contributed by atoms with Gasteiger partial charge in [-0.3, -0.25) is 4.79 Å². The van der Waals surface area contributed by atoms with Crippen LogP contribution in [-0.2, 0) is 4.79 Å². The Morgan fingerprint density at radius 2 is 2.18 bits per heavy atom. The molecule has 0 spiro atoms. The molecule has 0 saturated heterocycles. The number of hydrogen-bond acceptors (Lipinski definition) is 3. The highest BCUT2D eigenvalue weighted by Crippen LogP contribution is 2.34. The number of rotatable bonds is 4. The molecule has 17 heavy (non-hydrogen) atoms. The number of nitrogens with two attached hydrogens (primary N) is 1. The van der Waals surface area contributed by atoms with Gasteiger partial charge in [-0.25, -0.2) is 0 Å². The van der Waals surface area contributed by atoms with Crippen LogP contribution >= 0.6 is 11.3 Å². The third-order valence-electron chi connectivity index (χ3n) is 2.86. The van der Waals surface area contributed by atoms with Crippen LogP contribution in [-0.4, -0.2) is 12.5 Å². The minimum atomic E-state index is -0.324. The number of hydrogen-bond donors (Lipinski definition) is 2. The van der Waals surface area contributed by atoms with Crippen molar-refractivity contribution in [1.29, 1.82) is 0 Å². The predicted octanol–water partition coefficient (Wildman–Crippen LogP) is 2.35. The number of aryl methyl sites for hydroxylation is 1. The predicted molar refractivity (Wildman–Crippen MR) is 72.2 cm³/mol. The van der Waals surface area contributed by atoms with Crippen LogP contribution < -0.4 is 11.1 Å². The van der Waals surface area contributed by atoms with Crippen molar-refractivity contribution in [3.05, 3.63) is 34.7 Å². The van der Waals surface area contributed by atoms with Gasteiger partial charge >= 0.3 is 0 Å². The molecule has 1 unspecified atom stereocenters. The van der Waals surface area contributed by atoms with E-state index in [0.717, 1.165) is 0 Å². The molecule has 90 valence electrons. The molecule has 3 nitrogen and oxygen atoms in total. The van der Waals surface area contributed by atoms with Crippen LogP contribution in [0.1, 0.15) is 23.4 Å². The van der Waals surface area contributed by atoms with E-state index < -0.39 is 0 Å². The average Bonchev–Trinajstić information content (AvgIpc) is 2.64. The van der Waals surface area contributed by atoms with Gasteiger partial charge in [0.15, 0.2) is 0 Å². The van der Waals surface area contributed by atoms with Crippen LogP contribution in [0.5, 0.6) is 0 Å². The van der Waals surface area contributed by atoms with E-state index in [0.29, 0.717) is 0 Å². The highest BCUT2D eigenvalue weighted by atomic mass is 32.1. The average molecular weight is 248 g/mol. The van der Waals surface area contributed by atoms with Crippen molar-refractivity contribution in [1.82, 2.24) is 5.32 Å². The summed E-state index contributed by atoms with van der Waals surface area (Å²) in [6, 6.07) is 8.50. The van der Waals surface area contributed by atoms with Gasteiger partial charge in [-0.2, -0.15) is 0 Å². The zero-order valence-electron chi connectivity index (χ0n) is 9.99. The highest BCUT2D eigenvalue weighted by molar-refractivity contribution is 7.19. The number of benzene rings is 1. The molecule has 0 saturated carbocycles. The zero-order chi connectivity index (χ0) is 12.4. The quantitative estimate of drug-likeness (QED) is 0.872. The minimum absolute atomic E-state index is 0.153. The molecule has 3 N–H and O–H groups in total. The van der Waals surface area contributed by atoms with E-state index in [2.05, 4.69) is 31.3 Å². The topological polar surface area (TPSA) is 55.1 Å². The molecule has 4 heteroatoms. The molecule has 2 aromatic rings. The maximum atomic E-state index is 10.8. The van der Waals surface area contributed by atoms with Gasteiger partial charge in [-0.15, -0.1) is 11.3 Å². The Hall–Kier alpha value is -1.39. The first-order valence-electron chi connectivity index (χ1n) is 5.59. The second kappa shape index (κ2) is 4.85. The van der Waals surface area contributed by atoms with Gasteiger partial charge < -0.3 is 11.1 Å². The Kier molecular flexibility index (Phi) is 3.45. The van der Waals surface area contributed by atoms with Crippen molar-refractivity contribution in [3.63, 3.8) is 0 Å². The summed E-state index contributed by atoms with van der Waals surface area (Å²) in [7, 11) is 0. The van der Waals surface area contributed by atoms with Crippen molar-refractivity contribution in [2.75, 3.05) is 6.54 Å². The number of nitrogens with one attached hydrogen (secondary N) is 1. The van der Waals surface area contributed by atoms with Crippen LogP contribution in [0.3, 0.4) is 0 Å². The second-order valence-corrected chi connectivity index (χ2v) is 5.24. The number of fused-ring (bicyclic) bond motifs is 1. The summed E-state index contributed by atoms with van der Waals surface area (Å²) >= 11 is 1.77. The molecule has 0 fully saturated rings. The van der Waals surface area contributed by atoms with E-state index in [1.54, 1.807) is 11.3 Å². The van der Waals surface area contributed by atoms with Crippen LogP contribution in [0.4, 0.5) is 0 Å². The van der Waals surface area contributed by atoms with E-state index in [1.165, 1.54) is 20.5 Å². The smallest absolute Gasteiger partial charge is 0.231 e. The lowest BCUT2D eigenvalue weighted by Crippen LogP contribution is -2.30. The van der Waals surface area contributed by atoms with Gasteiger partial charge in [0.2, 0.25) is 5.91 Å². The summed E-state index contributed by atoms with van der Waals surface area (Å²) in [6.07, 6.45) is 0. The SMILES string of the molecule is Cc1c(C(C)NCC(N)=O)sc2ccccc12. The third kappa shape index (κ3) is 2.48. The summed E-state index contributed by atoms with van der Waals surface area (Å²) in [5.41, 5.74) is 6.42. The molecule has 1 heterocycles. The lowest BCUT2D eigenvalue weighted by molar-refractivity contribution is -0.117. The summed E-state index contributed by atoms with van der Waals surface area (Å²) in [5.74, 6) is -0.324. The maximum absolute atomic E-state index is 10.8. The Bertz CT molecular complexity index is 547. The molecule has 0 bridgehead atoms. The summed E-state index contributed by atoms with van der Waals surface area (Å²) in [4.78, 5) is 12.0. The highest BCUT2D eigenvalue weighted by Gasteiger charge is 2.14. The maximum Gasteiger partial charge on any atom is 0.231 e. The van der Waals surface area contributed by atoms with Crippen molar-refractivity contribution in [2.45, 2.75) is 19.9 Å². The molecule has 1 aromatic carbocycles. The standard InChI is InChI=1S/C13H16N2OS/c1-8-10-5-3-4-6-11(10)17-13(8)9(2)15-7-12(14)16/h3-6,9,15H,7H2,1-2H3,(H2,14,16). The Balaban J connectivity index is 2.29. The van der Waals surface area contributed by atoms with Crippen LogP contribution in [0.2, 0.25) is 0 Å². The fourth-order valence-electron chi connectivity index (χ4n) is 1.95. The largest absolute Gasteiger partial charge is 0.369 e. The van der Waals surface area contributed by atoms with Gasteiger partial charge in [0, 0.05) is 15.6 Å². The summed E-state index contributed by atoms with van der Waals surface area (Å²) in [5, 5.41) is 4.43. The van der Waals surface area contributed by atoms with Crippen LogP contribution in [0.15, 0.2) is 24.3 Å². The van der Waals surface area contributed by atoms with Crippen molar-refractivity contribution < 1.29 is 4.79 Å². The molecule has 1 atom stereocenters. The zero-order valence-corrected chi connectivity index (χ0v) is 10.8. The number of primary amides is 1. The molecule has 1 aromatic heterocycles. The van der Waals surface area contributed by atoms with Crippen molar-refractivity contribution in [2.24, 2.45) is 5.73 Å². The molecule has 1 amide bonds. The lowest BCUT2D eigenvalue weighted by Gasteiger charge is -2.11. The van der Waals surface area contributed by atoms with Gasteiger partial charge in [0.05, 0.1) is 6.54 Å². The molecule has 0 aliphatic heterocycles. The first-order chi connectivity index (χ1) is 8.09. The van der Waals surface area contributed by atoms with E-state index in [1.807, 2.05) is 12.1 Å². The molecule has 2 rings (SSSR count). The van der Waals surface area contributed by atoms with E-state index in [4.69, 9.17) is 5.73 Å². The first-order valence-corrected chi connectivity index (χ1v) is 6.41. The lowest BCUT2D eigenvalue weighted by atomic mass is 10.1. The summed E-state index contributed by atoms with van der Waals surface area (Å²) < 4.78 is 1.28. The fraction of sp³-hybridized carbons (Fsp3) is 0.308. The van der Waals surface area contributed by atoms with Gasteiger partial charge in [-0.05, 0) is 30.9 Å². The first kappa shape index (κ1) is 12.1. The molecular formula is C13H16N2OS. The van der Waals surface area contributed by atoms with Crippen LogP contribution in [0, 0.1) is 6.92 Å². The van der Waals surface area contributed by atoms with Gasteiger partial charge in [0.1, 0.15) is 0 Å². The van der Waals surface area contributed by atoms with Gasteiger partial charge in [-0.1, -0.05) is 18.2 Å². The van der Waals surface area contributed by atoms with Crippen molar-refractivity contribution >= 4 is 27.3 Å². The van der Waals surface area contributed by atoms with Gasteiger partial charge in [0.25, 0.3) is 0 Å². The normalized spacial score (nSPS) is 12.8. The minimum Gasteiger partial charge on any atom is -0.369 e. The number of carbonyl (C=O) groups excluding carboxylic acids is 1. The monoisotopic (exact) mass is 248 g/mol. The Morgan fingerprint density at radius 3 is 2.82 bits per heavy atom. The molecule has 0 aliphatic rings. The van der Waals surface area contributed by atoms with Crippen LogP contribution in [0.25, 0.3) is 10.1 Å². The second-order valence-electron chi connectivity index (χ2n) is 4.16. The summed E-state index contributed by atoms with van der Waals surface area (Å²) in [6.45, 7) is 4.39. The van der Waals surface area contributed by atoms with E-state index in [-0.39, 0.29) is 18.5 Å². The Morgan fingerprint density at radius 1 is 1.47 bits per heavy atom. The number of thiophene rings is 1. The number of amides is 1. The molecule has 0 radical (unpaired) electrons. The molecular weight excluding hydrogens is 232 g/mol. The van der Waals surface area contributed by atoms with Crippen molar-refractivity contribution in [3.8, 4) is 0 Å². The fourth-order valence-corrected chi connectivity index (χ4v) is 3.19. The molecule has 0 aliphatic carbocycles. The third-order valence-corrected chi connectivity index (χ3v) is 4.31. The number of carbonyl (C=O) groups is 1. The van der Waals surface area contributed by atoms with E-state index >= 15 is 0 Å². The Labute approximate surface area is 105 Å².